The fraction of sp³-hybridized carbons (Fsp3) is 0.462. The second kappa shape index (κ2) is 7.22. The highest BCUT2D eigenvalue weighted by Gasteiger charge is 2.24. The summed E-state index contributed by atoms with van der Waals surface area (Å²) in [6.07, 6.45) is 0. The molecule has 1 amide bonds. The van der Waals surface area contributed by atoms with Crippen LogP contribution in [0.4, 0.5) is 0 Å². The summed E-state index contributed by atoms with van der Waals surface area (Å²) in [5.74, 6) is -0.304. The number of rotatable bonds is 6. The Morgan fingerprint density at radius 1 is 1.29 bits per heavy atom. The Hall–Kier alpha value is -1.15. The molecule has 1 aromatic rings. The van der Waals surface area contributed by atoms with Crippen LogP contribution < -0.4 is 0 Å². The number of halogens is 1. The quantitative estimate of drug-likeness (QED) is 0.746. The van der Waals surface area contributed by atoms with Gasteiger partial charge in [0.05, 0.1) is 22.6 Å². The van der Waals surface area contributed by atoms with Crippen molar-refractivity contribution in [3.63, 3.8) is 0 Å². The predicted molar refractivity (Wildman–Crippen MR) is 80.7 cm³/mol. The van der Waals surface area contributed by atoms with Crippen LogP contribution in [0.5, 0.6) is 0 Å². The highest BCUT2D eigenvalue weighted by atomic mass is 35.5. The smallest absolute Gasteiger partial charge is 0.264 e. The SMILES string of the molecule is CCN(CC)C(=O)c1cc(S(=O)(=O)N(C)OC)ccc1Cl. The molecule has 6 nitrogen and oxygen atoms in total. The number of nitrogens with zero attached hydrogens (tertiary/aromatic N) is 2. The van der Waals surface area contributed by atoms with E-state index in [1.165, 1.54) is 32.4 Å². The van der Waals surface area contributed by atoms with Gasteiger partial charge in [-0.05, 0) is 32.0 Å². The third-order valence-electron chi connectivity index (χ3n) is 3.11. The summed E-state index contributed by atoms with van der Waals surface area (Å²) in [5.41, 5.74) is 0.158. The molecule has 1 rings (SSSR count). The van der Waals surface area contributed by atoms with Gasteiger partial charge in [0.15, 0.2) is 0 Å². The molecule has 0 aliphatic rings. The Morgan fingerprint density at radius 3 is 2.33 bits per heavy atom. The molecule has 0 fully saturated rings. The van der Waals surface area contributed by atoms with Crippen LogP contribution in [-0.2, 0) is 14.9 Å². The lowest BCUT2D eigenvalue weighted by atomic mass is 10.2. The minimum absolute atomic E-state index is 0.0493. The molecule has 118 valence electrons. The maximum atomic E-state index is 12.3. The largest absolute Gasteiger partial charge is 0.339 e. The average molecular weight is 335 g/mol. The zero-order chi connectivity index (χ0) is 16.2. The molecule has 0 aliphatic carbocycles. The van der Waals surface area contributed by atoms with Crippen molar-refractivity contribution in [3.8, 4) is 0 Å². The Morgan fingerprint density at radius 2 is 1.86 bits per heavy atom. The van der Waals surface area contributed by atoms with Crippen LogP contribution in [0.25, 0.3) is 0 Å². The standard InChI is InChI=1S/C13H19ClN2O4S/c1-5-16(6-2)13(17)11-9-10(7-8-12(11)14)21(18,19)15(3)20-4/h7-9H,5-6H2,1-4H3. The lowest BCUT2D eigenvalue weighted by Gasteiger charge is -2.20. The van der Waals surface area contributed by atoms with Gasteiger partial charge in [-0.1, -0.05) is 16.1 Å². The van der Waals surface area contributed by atoms with Gasteiger partial charge in [0.25, 0.3) is 15.9 Å². The van der Waals surface area contributed by atoms with Crippen molar-refractivity contribution in [2.75, 3.05) is 27.2 Å². The first-order valence-electron chi connectivity index (χ1n) is 6.41. The first kappa shape index (κ1) is 17.9. The number of hydrogen-bond acceptors (Lipinski definition) is 4. The van der Waals surface area contributed by atoms with Gasteiger partial charge in [-0.25, -0.2) is 8.42 Å². The van der Waals surface area contributed by atoms with Crippen molar-refractivity contribution >= 4 is 27.5 Å². The summed E-state index contributed by atoms with van der Waals surface area (Å²) in [4.78, 5) is 18.6. The topological polar surface area (TPSA) is 66.9 Å². The fourth-order valence-corrected chi connectivity index (χ4v) is 2.95. The van der Waals surface area contributed by atoms with Gasteiger partial charge in [0.2, 0.25) is 0 Å². The summed E-state index contributed by atoms with van der Waals surface area (Å²) in [6.45, 7) is 4.71. The van der Waals surface area contributed by atoms with Gasteiger partial charge in [-0.2, -0.15) is 0 Å². The molecule has 0 heterocycles. The molecular weight excluding hydrogens is 316 g/mol. The summed E-state index contributed by atoms with van der Waals surface area (Å²) in [7, 11) is -1.30. The maximum Gasteiger partial charge on any atom is 0.264 e. The van der Waals surface area contributed by atoms with Gasteiger partial charge < -0.3 is 4.90 Å². The Balaban J connectivity index is 3.32. The van der Waals surface area contributed by atoms with Crippen molar-refractivity contribution in [1.29, 1.82) is 0 Å². The number of carbonyl (C=O) groups is 1. The monoisotopic (exact) mass is 334 g/mol. The molecule has 1 aromatic carbocycles. The summed E-state index contributed by atoms with van der Waals surface area (Å²) >= 11 is 6.03. The second-order valence-corrected chi connectivity index (χ2v) is 6.56. The molecule has 0 N–H and O–H groups in total. The molecule has 21 heavy (non-hydrogen) atoms. The van der Waals surface area contributed by atoms with E-state index in [1.807, 2.05) is 13.8 Å². The molecule has 0 saturated heterocycles. The lowest BCUT2D eigenvalue weighted by molar-refractivity contribution is -0.0258. The first-order valence-corrected chi connectivity index (χ1v) is 8.23. The predicted octanol–water partition coefficient (Wildman–Crippen LogP) is 2.00. The van der Waals surface area contributed by atoms with Crippen LogP contribution in [0.3, 0.4) is 0 Å². The molecular formula is C13H19ClN2O4S. The molecule has 0 spiro atoms. The number of hydroxylamine groups is 1. The average Bonchev–Trinajstić information content (AvgIpc) is 2.47. The summed E-state index contributed by atoms with van der Waals surface area (Å²) in [6, 6.07) is 4.01. The van der Waals surface area contributed by atoms with E-state index in [2.05, 4.69) is 0 Å². The molecule has 0 radical (unpaired) electrons. The molecule has 0 unspecified atom stereocenters. The molecule has 0 aromatic heterocycles. The van der Waals surface area contributed by atoms with Crippen LogP contribution in [-0.4, -0.2) is 50.9 Å². The minimum atomic E-state index is -3.82. The molecule has 0 atom stereocenters. The zero-order valence-electron chi connectivity index (χ0n) is 12.5. The van der Waals surface area contributed by atoms with Crippen molar-refractivity contribution in [1.82, 2.24) is 9.37 Å². The van der Waals surface area contributed by atoms with Crippen molar-refractivity contribution in [3.05, 3.63) is 28.8 Å². The van der Waals surface area contributed by atoms with Crippen molar-refractivity contribution in [2.45, 2.75) is 18.7 Å². The number of hydrogen-bond donors (Lipinski definition) is 0. The van der Waals surface area contributed by atoms with E-state index in [4.69, 9.17) is 16.4 Å². The number of amides is 1. The van der Waals surface area contributed by atoms with Crippen molar-refractivity contribution in [2.24, 2.45) is 0 Å². The molecule has 0 saturated carbocycles. The molecule has 0 bridgehead atoms. The highest BCUT2D eigenvalue weighted by Crippen LogP contribution is 2.23. The van der Waals surface area contributed by atoms with E-state index in [0.29, 0.717) is 13.1 Å². The van der Waals surface area contributed by atoms with Gasteiger partial charge in [-0.15, -0.1) is 0 Å². The van der Waals surface area contributed by atoms with Crippen LogP contribution in [0.1, 0.15) is 24.2 Å². The fourth-order valence-electron chi connectivity index (χ4n) is 1.76. The third kappa shape index (κ3) is 3.74. The van der Waals surface area contributed by atoms with E-state index in [-0.39, 0.29) is 21.4 Å². The second-order valence-electron chi connectivity index (χ2n) is 4.22. The lowest BCUT2D eigenvalue weighted by Crippen LogP contribution is -2.31. The van der Waals surface area contributed by atoms with Crippen molar-refractivity contribution < 1.29 is 18.0 Å². The van der Waals surface area contributed by atoms with E-state index in [0.717, 1.165) is 4.47 Å². The van der Waals surface area contributed by atoms with Gasteiger partial charge >= 0.3 is 0 Å². The summed E-state index contributed by atoms with van der Waals surface area (Å²) < 4.78 is 25.1. The molecule has 8 heteroatoms. The van der Waals surface area contributed by atoms with Crippen LogP contribution >= 0.6 is 11.6 Å². The van der Waals surface area contributed by atoms with Gasteiger partial charge in [0, 0.05) is 20.1 Å². The Labute approximate surface area is 130 Å². The van der Waals surface area contributed by atoms with Crippen LogP contribution in [0, 0.1) is 0 Å². The minimum Gasteiger partial charge on any atom is -0.339 e. The third-order valence-corrected chi connectivity index (χ3v) is 5.12. The highest BCUT2D eigenvalue weighted by molar-refractivity contribution is 7.89. The Bertz CT molecular complexity index is 615. The van der Waals surface area contributed by atoms with Gasteiger partial charge in [-0.3, -0.25) is 9.63 Å². The normalized spacial score (nSPS) is 11.7. The number of benzene rings is 1. The van der Waals surface area contributed by atoms with Crippen LogP contribution in [0.15, 0.2) is 23.1 Å². The number of sulfonamides is 1. The maximum absolute atomic E-state index is 12.3. The van der Waals surface area contributed by atoms with E-state index in [9.17, 15) is 13.2 Å². The van der Waals surface area contributed by atoms with E-state index < -0.39 is 10.0 Å². The molecule has 0 aliphatic heterocycles. The van der Waals surface area contributed by atoms with Crippen LogP contribution in [0.2, 0.25) is 5.02 Å². The first-order chi connectivity index (χ1) is 9.79. The summed E-state index contributed by atoms with van der Waals surface area (Å²) in [5, 5.41) is 0.214. The number of carbonyl (C=O) groups excluding carboxylic acids is 1. The zero-order valence-corrected chi connectivity index (χ0v) is 14.0. The van der Waals surface area contributed by atoms with E-state index in [1.54, 1.807) is 4.90 Å². The van der Waals surface area contributed by atoms with E-state index >= 15 is 0 Å². The van der Waals surface area contributed by atoms with Gasteiger partial charge in [0.1, 0.15) is 0 Å². The Kier molecular flexibility index (Phi) is 6.15.